The van der Waals surface area contributed by atoms with Gasteiger partial charge in [0.1, 0.15) is 30.1 Å². The Hall–Kier alpha value is -2.51. The lowest BCUT2D eigenvalue weighted by Crippen LogP contribution is -2.26. The topological polar surface area (TPSA) is 197 Å². The van der Waals surface area contributed by atoms with E-state index in [0.717, 1.165) is 6.07 Å². The van der Waals surface area contributed by atoms with Crippen LogP contribution in [0.3, 0.4) is 0 Å². The number of benzene rings is 2. The summed E-state index contributed by atoms with van der Waals surface area (Å²) in [5.74, 6) is -3.61. The van der Waals surface area contributed by atoms with Crippen molar-refractivity contribution in [2.45, 2.75) is 14.6 Å². The minimum absolute atomic E-state index is 0.0456. The lowest BCUT2D eigenvalue weighted by Gasteiger charge is -2.18. The molecular formula is C20H22F4N3O9PS3. The number of thiophene rings is 1. The Bertz CT molecular complexity index is 1630. The van der Waals surface area contributed by atoms with Crippen LogP contribution in [0.2, 0.25) is 0 Å². The summed E-state index contributed by atoms with van der Waals surface area (Å²) in [7, 11) is -16.1. The molecule has 1 heterocycles. The van der Waals surface area contributed by atoms with Crippen molar-refractivity contribution in [3.05, 3.63) is 42.2 Å². The minimum atomic E-state index is -6.37. The van der Waals surface area contributed by atoms with Gasteiger partial charge in [-0.15, -0.1) is 11.3 Å². The molecule has 1 unspecified atom stereocenters. The zero-order valence-corrected chi connectivity index (χ0v) is 23.4. The molecule has 0 saturated carbocycles. The zero-order valence-electron chi connectivity index (χ0n) is 20.1. The molecule has 2 aromatic carbocycles. The van der Waals surface area contributed by atoms with Crippen LogP contribution >= 0.6 is 18.9 Å². The normalized spacial score (nSPS) is 14.2. The molecule has 222 valence electrons. The number of ether oxygens (including phenoxy) is 2. The van der Waals surface area contributed by atoms with Gasteiger partial charge >= 0.3 is 13.1 Å². The molecule has 3 aromatic rings. The third kappa shape index (κ3) is 6.85. The van der Waals surface area contributed by atoms with Gasteiger partial charge in [-0.3, -0.25) is 0 Å². The summed E-state index contributed by atoms with van der Waals surface area (Å²) in [6.45, 7) is -1.30. The van der Waals surface area contributed by atoms with Crippen molar-refractivity contribution in [1.29, 1.82) is 0 Å². The molecule has 1 aromatic heterocycles. The first-order chi connectivity index (χ1) is 18.6. The van der Waals surface area contributed by atoms with E-state index in [4.69, 9.17) is 25.5 Å². The van der Waals surface area contributed by atoms with E-state index in [1.165, 1.54) is 24.3 Å². The van der Waals surface area contributed by atoms with E-state index in [2.05, 4.69) is 0 Å². The number of alkyl halides is 3. The summed E-state index contributed by atoms with van der Waals surface area (Å²) in [5.41, 5.74) is 4.71. The van der Waals surface area contributed by atoms with Crippen molar-refractivity contribution in [1.82, 2.24) is 4.72 Å². The summed E-state index contributed by atoms with van der Waals surface area (Å²) in [6.07, 6.45) is -1.26. The summed E-state index contributed by atoms with van der Waals surface area (Å²) < 4.78 is 135. The molecule has 0 saturated heterocycles. The Balaban J connectivity index is 2.17. The molecule has 3 rings (SSSR count). The molecule has 0 bridgehead atoms. The van der Waals surface area contributed by atoms with Gasteiger partial charge in [0.2, 0.25) is 0 Å². The number of sulfone groups is 1. The van der Waals surface area contributed by atoms with E-state index in [-0.39, 0.29) is 36.8 Å². The highest BCUT2D eigenvalue weighted by Gasteiger charge is 2.51. The molecule has 0 fully saturated rings. The van der Waals surface area contributed by atoms with Gasteiger partial charge in [-0.05, 0) is 12.1 Å². The maximum absolute atomic E-state index is 15.6. The molecule has 0 aliphatic rings. The second-order valence-electron chi connectivity index (χ2n) is 7.68. The van der Waals surface area contributed by atoms with Crippen molar-refractivity contribution in [2.75, 3.05) is 32.6 Å². The van der Waals surface area contributed by atoms with Crippen LogP contribution in [-0.2, 0) is 24.4 Å². The van der Waals surface area contributed by atoms with E-state index in [1.807, 2.05) is 0 Å². The third-order valence-electron chi connectivity index (χ3n) is 4.77. The second kappa shape index (κ2) is 12.2. The van der Waals surface area contributed by atoms with Gasteiger partial charge in [-0.25, -0.2) is 25.8 Å². The van der Waals surface area contributed by atoms with Crippen molar-refractivity contribution in [3.63, 3.8) is 0 Å². The van der Waals surface area contributed by atoms with Crippen molar-refractivity contribution >= 4 is 48.9 Å². The molecule has 0 spiro atoms. The van der Waals surface area contributed by atoms with E-state index >= 15 is 4.39 Å². The monoisotopic (exact) mass is 651 g/mol. The summed E-state index contributed by atoms with van der Waals surface area (Å²) >= 11 is 0.0456. The lowest BCUT2D eigenvalue weighted by atomic mass is 10.2. The number of sulfonamides is 1. The third-order valence-corrected chi connectivity index (χ3v) is 10.6. The molecule has 0 aliphatic carbocycles. The molecule has 6 N–H and O–H groups in total. The fourth-order valence-electron chi connectivity index (χ4n) is 3.16. The number of fused-ring (bicyclic) bond motifs is 1. The van der Waals surface area contributed by atoms with Crippen LogP contribution in [0.4, 0.5) is 17.6 Å². The largest absolute Gasteiger partial charge is 0.502 e. The lowest BCUT2D eigenvalue weighted by molar-refractivity contribution is -0.0436. The number of hydrogen-bond donors (Lipinski definition) is 4. The number of hydrogen-bond acceptors (Lipinski definition) is 11. The van der Waals surface area contributed by atoms with Crippen LogP contribution in [0.15, 0.2) is 45.5 Å². The van der Waals surface area contributed by atoms with Crippen LogP contribution in [0.25, 0.3) is 10.1 Å². The molecule has 40 heavy (non-hydrogen) atoms. The predicted octanol–water partition coefficient (Wildman–Crippen LogP) is 2.51. The number of rotatable bonds is 13. The summed E-state index contributed by atoms with van der Waals surface area (Å²) in [6, 6.07) is 8.01. The molecule has 0 aliphatic heterocycles. The zero-order chi connectivity index (χ0) is 29.9. The number of nitrogens with two attached hydrogens (primary N) is 2. The smallest absolute Gasteiger partial charge is 0.488 e. The molecular weight excluding hydrogens is 629 g/mol. The van der Waals surface area contributed by atoms with Crippen molar-refractivity contribution < 1.29 is 57.9 Å². The number of para-hydroxylation sites is 1. The molecule has 12 nitrogen and oxygen atoms in total. The highest BCUT2D eigenvalue weighted by Crippen LogP contribution is 2.50. The van der Waals surface area contributed by atoms with E-state index in [1.54, 1.807) is 10.8 Å². The Kier molecular flexibility index (Phi) is 9.73. The van der Waals surface area contributed by atoms with Gasteiger partial charge in [0.05, 0.1) is 5.39 Å². The first-order valence-electron chi connectivity index (χ1n) is 10.9. The van der Waals surface area contributed by atoms with Gasteiger partial charge in [0, 0.05) is 23.9 Å². The second-order valence-corrected chi connectivity index (χ2v) is 14.3. The van der Waals surface area contributed by atoms with E-state index < -0.39 is 82.4 Å². The van der Waals surface area contributed by atoms with Crippen LogP contribution in [0.5, 0.6) is 17.2 Å². The maximum Gasteiger partial charge on any atom is 0.502 e. The van der Waals surface area contributed by atoms with E-state index in [9.17, 15) is 39.5 Å². The number of halogens is 4. The van der Waals surface area contributed by atoms with Crippen LogP contribution in [-0.4, -0.2) is 59.8 Å². The highest BCUT2D eigenvalue weighted by molar-refractivity contribution is 7.93. The maximum atomic E-state index is 15.6. The minimum Gasteiger partial charge on any atom is -0.488 e. The fourth-order valence-corrected chi connectivity index (χ4v) is 8.38. The number of nitrogens with one attached hydrogen (secondary N) is 1. The average molecular weight is 652 g/mol. The quantitative estimate of drug-likeness (QED) is 0.157. The first kappa shape index (κ1) is 32.0. The Labute approximate surface area is 229 Å². The Morgan fingerprint density at radius 3 is 2.20 bits per heavy atom. The Morgan fingerprint density at radius 1 is 1.02 bits per heavy atom. The van der Waals surface area contributed by atoms with Crippen molar-refractivity contribution in [2.24, 2.45) is 11.5 Å². The van der Waals surface area contributed by atoms with E-state index in [0.29, 0.717) is 0 Å². The van der Waals surface area contributed by atoms with Gasteiger partial charge in [0.25, 0.3) is 19.9 Å². The van der Waals surface area contributed by atoms with Crippen LogP contribution < -0.4 is 30.2 Å². The van der Waals surface area contributed by atoms with Gasteiger partial charge in [-0.2, -0.15) is 17.9 Å². The standard InChI is InChI=1S/C20H22F4N3O9PS3/c21-16-15-14(38-19(16)40(32,33)27-11-37(28,29)36-12-4-2-1-3-5-12)10-13(34-8-6-25)17(35-9-7-26)18(15)39(30,31)20(22,23)24/h1-5,10,27H,6-9,11,25-26H2,(H,28,29). The fraction of sp³-hybridized carbons (Fsp3) is 0.300. The summed E-state index contributed by atoms with van der Waals surface area (Å²) in [4.78, 5) is 8.30. The SMILES string of the molecule is NCCOc1cc2sc(S(=O)(=O)NCP(=O)(O)Oc3ccccc3)c(F)c2c(S(=O)(=O)C(F)(F)F)c1OCCN. The van der Waals surface area contributed by atoms with Crippen molar-refractivity contribution in [3.8, 4) is 17.2 Å². The van der Waals surface area contributed by atoms with Gasteiger partial charge in [-0.1, -0.05) is 18.2 Å². The van der Waals surface area contributed by atoms with Gasteiger partial charge < -0.3 is 30.4 Å². The van der Waals surface area contributed by atoms with Crippen LogP contribution in [0.1, 0.15) is 0 Å². The molecule has 1 atom stereocenters. The van der Waals surface area contributed by atoms with Crippen LogP contribution in [0, 0.1) is 5.82 Å². The molecule has 0 amide bonds. The Morgan fingerprint density at radius 2 is 1.62 bits per heavy atom. The molecule has 20 heteroatoms. The molecule has 0 radical (unpaired) electrons. The predicted molar refractivity (Wildman–Crippen MR) is 136 cm³/mol. The average Bonchev–Trinajstić information content (AvgIpc) is 3.20. The summed E-state index contributed by atoms with van der Waals surface area (Å²) in [5, 5.41) is -1.25. The van der Waals surface area contributed by atoms with Gasteiger partial charge in [0.15, 0.2) is 21.5 Å². The highest BCUT2D eigenvalue weighted by atomic mass is 32.2. The first-order valence-corrected chi connectivity index (χ1v) is 16.4.